The Morgan fingerprint density at radius 3 is 1.72 bits per heavy atom. The first-order valence-electron chi connectivity index (χ1n) is 12.7. The second-order valence-electron chi connectivity index (χ2n) is 10.6. The zero-order chi connectivity index (χ0) is 21.8. The molecule has 3 nitrogen and oxygen atoms in total. The van der Waals surface area contributed by atoms with Gasteiger partial charge in [0.1, 0.15) is 6.10 Å². The molecule has 1 saturated heterocycles. The van der Waals surface area contributed by atoms with E-state index in [-0.39, 0.29) is 23.2 Å². The fraction of sp³-hybridized carbons (Fsp3) is 0.962. The average molecular weight is 410 g/mol. The molecule has 0 amide bonds. The van der Waals surface area contributed by atoms with Gasteiger partial charge in [-0.3, -0.25) is 9.69 Å². The Labute approximate surface area is 182 Å². The van der Waals surface area contributed by atoms with Gasteiger partial charge in [0.15, 0.2) is 0 Å². The topological polar surface area (TPSA) is 29.5 Å². The summed E-state index contributed by atoms with van der Waals surface area (Å²) < 4.78 is 5.93. The van der Waals surface area contributed by atoms with E-state index in [9.17, 15) is 4.79 Å². The number of hydrogen-bond acceptors (Lipinski definition) is 3. The summed E-state index contributed by atoms with van der Waals surface area (Å²) >= 11 is 0. The fourth-order valence-corrected chi connectivity index (χ4v) is 5.26. The summed E-state index contributed by atoms with van der Waals surface area (Å²) in [6.07, 6.45) is 17.9. The van der Waals surface area contributed by atoms with Gasteiger partial charge in [-0.15, -0.1) is 0 Å². The highest BCUT2D eigenvalue weighted by atomic mass is 16.5. The van der Waals surface area contributed by atoms with Gasteiger partial charge in [0.25, 0.3) is 0 Å². The Balaban J connectivity index is 2.40. The van der Waals surface area contributed by atoms with Crippen molar-refractivity contribution < 1.29 is 9.53 Å². The lowest BCUT2D eigenvalue weighted by atomic mass is 9.78. The van der Waals surface area contributed by atoms with E-state index in [0.717, 1.165) is 32.2 Å². The van der Waals surface area contributed by atoms with Crippen LogP contribution >= 0.6 is 0 Å². The Hall–Kier alpha value is -0.570. The van der Waals surface area contributed by atoms with Crippen LogP contribution in [-0.2, 0) is 9.53 Å². The number of unbranched alkanes of at least 4 members (excludes halogenated alkanes) is 10. The highest BCUT2D eigenvalue weighted by Gasteiger charge is 2.45. The standard InChI is InChI=1S/C26H51NO2/c1-7-9-11-13-14-16-18-20-27-25(3,4)21-23(22-26(27,5)6)29-24(28)19-17-15-12-10-8-2/h23H,7-22H2,1-6H3. The van der Waals surface area contributed by atoms with Gasteiger partial charge in [0.05, 0.1) is 0 Å². The van der Waals surface area contributed by atoms with Gasteiger partial charge in [0.2, 0.25) is 0 Å². The van der Waals surface area contributed by atoms with E-state index >= 15 is 0 Å². The van der Waals surface area contributed by atoms with Crippen molar-refractivity contribution in [1.29, 1.82) is 0 Å². The smallest absolute Gasteiger partial charge is 0.306 e. The van der Waals surface area contributed by atoms with Crippen LogP contribution in [0.3, 0.4) is 0 Å². The summed E-state index contributed by atoms with van der Waals surface area (Å²) in [5, 5.41) is 0. The molecular formula is C26H51NO2. The van der Waals surface area contributed by atoms with E-state index < -0.39 is 0 Å². The molecule has 0 aromatic heterocycles. The number of likely N-dealkylation sites (tertiary alicyclic amines) is 1. The van der Waals surface area contributed by atoms with Gasteiger partial charge in [-0.2, -0.15) is 0 Å². The Morgan fingerprint density at radius 1 is 0.759 bits per heavy atom. The molecule has 0 aliphatic carbocycles. The molecule has 1 aliphatic rings. The Kier molecular flexibility index (Phi) is 12.5. The average Bonchev–Trinajstić information content (AvgIpc) is 2.61. The van der Waals surface area contributed by atoms with Crippen LogP contribution in [0.1, 0.15) is 138 Å². The third-order valence-electron chi connectivity index (χ3n) is 6.68. The van der Waals surface area contributed by atoms with Crippen molar-refractivity contribution in [3.63, 3.8) is 0 Å². The van der Waals surface area contributed by atoms with Crippen LogP contribution in [0.5, 0.6) is 0 Å². The molecule has 1 fully saturated rings. The lowest BCUT2D eigenvalue weighted by molar-refractivity contribution is -0.160. The molecule has 0 unspecified atom stereocenters. The molecule has 3 heteroatoms. The third kappa shape index (κ3) is 10.3. The van der Waals surface area contributed by atoms with Gasteiger partial charge in [-0.25, -0.2) is 0 Å². The van der Waals surface area contributed by atoms with Crippen LogP contribution in [0.25, 0.3) is 0 Å². The van der Waals surface area contributed by atoms with Gasteiger partial charge >= 0.3 is 5.97 Å². The maximum Gasteiger partial charge on any atom is 0.306 e. The SMILES string of the molecule is CCCCCCCCCN1C(C)(C)CC(OC(=O)CCCCCCC)CC1(C)C. The van der Waals surface area contributed by atoms with Crippen LogP contribution in [0, 0.1) is 0 Å². The molecule has 1 aliphatic heterocycles. The number of piperidine rings is 1. The lowest BCUT2D eigenvalue weighted by Gasteiger charge is -2.55. The first-order valence-corrected chi connectivity index (χ1v) is 12.7. The molecule has 29 heavy (non-hydrogen) atoms. The molecule has 0 saturated carbocycles. The van der Waals surface area contributed by atoms with Crippen molar-refractivity contribution in [3.05, 3.63) is 0 Å². The zero-order valence-electron chi connectivity index (χ0n) is 20.7. The minimum absolute atomic E-state index is 0.0126. The predicted octanol–water partition coefficient (Wildman–Crippen LogP) is 7.66. The molecule has 0 radical (unpaired) electrons. The molecule has 172 valence electrons. The summed E-state index contributed by atoms with van der Waals surface area (Å²) in [6.45, 7) is 15.0. The summed E-state index contributed by atoms with van der Waals surface area (Å²) in [6, 6.07) is 0. The van der Waals surface area contributed by atoms with E-state index in [4.69, 9.17) is 4.74 Å². The maximum atomic E-state index is 12.3. The quantitative estimate of drug-likeness (QED) is 0.205. The first-order chi connectivity index (χ1) is 13.7. The van der Waals surface area contributed by atoms with Crippen molar-refractivity contribution in [2.75, 3.05) is 6.54 Å². The molecule has 0 aromatic carbocycles. The number of carbonyl (C=O) groups is 1. The molecule has 1 rings (SSSR count). The van der Waals surface area contributed by atoms with Gasteiger partial charge in [-0.1, -0.05) is 78.1 Å². The Morgan fingerprint density at radius 2 is 1.21 bits per heavy atom. The van der Waals surface area contributed by atoms with E-state index in [2.05, 4.69) is 46.4 Å². The van der Waals surface area contributed by atoms with Crippen LogP contribution in [0.2, 0.25) is 0 Å². The molecule has 0 N–H and O–H groups in total. The highest BCUT2D eigenvalue weighted by molar-refractivity contribution is 5.69. The molecule has 0 atom stereocenters. The van der Waals surface area contributed by atoms with E-state index in [0.29, 0.717) is 6.42 Å². The molecule has 0 spiro atoms. The minimum Gasteiger partial charge on any atom is -0.462 e. The van der Waals surface area contributed by atoms with E-state index in [1.165, 1.54) is 64.2 Å². The molecule has 0 aromatic rings. The predicted molar refractivity (Wildman–Crippen MR) is 125 cm³/mol. The second kappa shape index (κ2) is 13.7. The number of hydrogen-bond donors (Lipinski definition) is 0. The van der Waals surface area contributed by atoms with Crippen LogP contribution in [0.4, 0.5) is 0 Å². The van der Waals surface area contributed by atoms with Crippen LogP contribution in [-0.4, -0.2) is 34.6 Å². The maximum absolute atomic E-state index is 12.3. The third-order valence-corrected chi connectivity index (χ3v) is 6.68. The fourth-order valence-electron chi connectivity index (χ4n) is 5.26. The summed E-state index contributed by atoms with van der Waals surface area (Å²) in [4.78, 5) is 15.0. The largest absolute Gasteiger partial charge is 0.462 e. The number of ether oxygens (including phenoxy) is 1. The summed E-state index contributed by atoms with van der Waals surface area (Å²) in [5.74, 6) is 0.0126. The van der Waals surface area contributed by atoms with E-state index in [1.807, 2.05) is 0 Å². The van der Waals surface area contributed by atoms with Gasteiger partial charge in [-0.05, 0) is 47.1 Å². The monoisotopic (exact) mass is 409 g/mol. The van der Waals surface area contributed by atoms with Crippen molar-refractivity contribution in [1.82, 2.24) is 4.90 Å². The number of carbonyl (C=O) groups excluding carboxylic acids is 1. The van der Waals surface area contributed by atoms with Gasteiger partial charge < -0.3 is 4.74 Å². The lowest BCUT2D eigenvalue weighted by Crippen LogP contribution is -2.62. The van der Waals surface area contributed by atoms with Crippen molar-refractivity contribution in [2.24, 2.45) is 0 Å². The molecule has 1 heterocycles. The van der Waals surface area contributed by atoms with Crippen LogP contribution in [0.15, 0.2) is 0 Å². The molecular weight excluding hydrogens is 358 g/mol. The number of esters is 1. The van der Waals surface area contributed by atoms with Gasteiger partial charge in [0, 0.05) is 30.3 Å². The van der Waals surface area contributed by atoms with Crippen molar-refractivity contribution in [3.8, 4) is 0 Å². The summed E-state index contributed by atoms with van der Waals surface area (Å²) in [5.41, 5.74) is 0.159. The van der Waals surface area contributed by atoms with E-state index in [1.54, 1.807) is 0 Å². The van der Waals surface area contributed by atoms with Crippen molar-refractivity contribution in [2.45, 2.75) is 155 Å². The number of nitrogens with zero attached hydrogens (tertiary/aromatic N) is 1. The Bertz CT molecular complexity index is 426. The van der Waals surface area contributed by atoms with Crippen LogP contribution < -0.4 is 0 Å². The highest BCUT2D eigenvalue weighted by Crippen LogP contribution is 2.40. The second-order valence-corrected chi connectivity index (χ2v) is 10.6. The zero-order valence-corrected chi connectivity index (χ0v) is 20.7. The normalized spacial score (nSPS) is 19.4. The summed E-state index contributed by atoms with van der Waals surface area (Å²) in [7, 11) is 0. The first kappa shape index (κ1) is 26.5. The number of rotatable bonds is 15. The molecule has 0 bridgehead atoms. The minimum atomic E-state index is 0.0126. The van der Waals surface area contributed by atoms with Crippen molar-refractivity contribution >= 4 is 5.97 Å².